The molecule has 17 heavy (non-hydrogen) atoms. The summed E-state index contributed by atoms with van der Waals surface area (Å²) in [5.74, 6) is -0.984. The minimum absolute atomic E-state index is 0.534. The van der Waals surface area contributed by atoms with Gasteiger partial charge in [0.2, 0.25) is 0 Å². The first kappa shape index (κ1) is 13.7. The molecule has 0 aliphatic carbocycles. The van der Waals surface area contributed by atoms with Crippen molar-refractivity contribution in [3.63, 3.8) is 0 Å². The van der Waals surface area contributed by atoms with Gasteiger partial charge in [0.15, 0.2) is 6.04 Å². The molecule has 0 spiro atoms. The van der Waals surface area contributed by atoms with E-state index in [4.69, 9.17) is 0 Å². The van der Waals surface area contributed by atoms with Gasteiger partial charge in [0, 0.05) is 5.56 Å². The van der Waals surface area contributed by atoms with Crippen LogP contribution in [0.2, 0.25) is 0 Å². The predicted octanol–water partition coefficient (Wildman–Crippen LogP) is 1.35. The van der Waals surface area contributed by atoms with Crippen LogP contribution in [-0.4, -0.2) is 30.1 Å². The van der Waals surface area contributed by atoms with Crippen LogP contribution in [0.5, 0.6) is 0 Å². The number of likely N-dealkylation sites (N-methyl/N-ethyl adjacent to an activating group) is 1. The molecule has 1 unspecified atom stereocenters. The molecule has 0 heterocycles. The summed E-state index contributed by atoms with van der Waals surface area (Å²) >= 11 is 0. The monoisotopic (exact) mass is 235 g/mol. The summed E-state index contributed by atoms with van der Waals surface area (Å²) in [5.41, 5.74) is 0.832. The molecular formula is C14H21NO2. The molecule has 0 N–H and O–H groups in total. The van der Waals surface area contributed by atoms with Crippen LogP contribution in [0.4, 0.5) is 0 Å². The van der Waals surface area contributed by atoms with E-state index in [2.05, 4.69) is 0 Å². The average Bonchev–Trinajstić information content (AvgIpc) is 2.36. The second-order valence-electron chi connectivity index (χ2n) is 4.30. The van der Waals surface area contributed by atoms with E-state index < -0.39 is 12.0 Å². The molecule has 0 aliphatic rings. The fourth-order valence-corrected chi connectivity index (χ4v) is 2.53. The standard InChI is InChI=1S/C14H21NO2/c1-4-15(5-2,6-3)13(14(16)17)12-10-8-7-9-11-12/h7-11,13H,4-6H2,1-3H3. The Morgan fingerprint density at radius 1 is 1.12 bits per heavy atom. The summed E-state index contributed by atoms with van der Waals surface area (Å²) in [6.45, 7) is 8.48. The number of aliphatic carboxylic acids is 1. The van der Waals surface area contributed by atoms with Crippen LogP contribution in [0.3, 0.4) is 0 Å². The largest absolute Gasteiger partial charge is 0.544 e. The normalized spacial score (nSPS) is 13.4. The Kier molecular flexibility index (Phi) is 4.70. The second-order valence-corrected chi connectivity index (χ2v) is 4.30. The molecule has 1 atom stereocenters. The van der Waals surface area contributed by atoms with E-state index in [9.17, 15) is 9.90 Å². The molecule has 0 saturated carbocycles. The van der Waals surface area contributed by atoms with Crippen LogP contribution < -0.4 is 5.11 Å². The second kappa shape index (κ2) is 5.82. The fourth-order valence-electron chi connectivity index (χ4n) is 2.53. The highest BCUT2D eigenvalue weighted by molar-refractivity contribution is 5.72. The van der Waals surface area contributed by atoms with Gasteiger partial charge in [-0.25, -0.2) is 0 Å². The molecule has 0 bridgehead atoms. The maximum atomic E-state index is 11.5. The molecule has 0 aliphatic heterocycles. The number of hydrogen-bond acceptors (Lipinski definition) is 2. The first-order chi connectivity index (χ1) is 8.11. The lowest BCUT2D eigenvalue weighted by Crippen LogP contribution is -2.56. The summed E-state index contributed by atoms with van der Waals surface area (Å²) in [5, 5.41) is 11.5. The zero-order chi connectivity index (χ0) is 12.9. The Morgan fingerprint density at radius 2 is 1.59 bits per heavy atom. The number of carboxylic acid groups (broad SMARTS) is 1. The molecule has 1 aromatic carbocycles. The van der Waals surface area contributed by atoms with Gasteiger partial charge in [-0.1, -0.05) is 30.3 Å². The predicted molar refractivity (Wildman–Crippen MR) is 66.1 cm³/mol. The maximum absolute atomic E-state index is 11.5. The van der Waals surface area contributed by atoms with Crippen molar-refractivity contribution >= 4 is 5.97 Å². The van der Waals surface area contributed by atoms with Crippen LogP contribution in [0.25, 0.3) is 0 Å². The van der Waals surface area contributed by atoms with E-state index in [1.807, 2.05) is 51.1 Å². The maximum Gasteiger partial charge on any atom is 0.155 e. The summed E-state index contributed by atoms with van der Waals surface area (Å²) in [4.78, 5) is 11.5. The highest BCUT2D eigenvalue weighted by atomic mass is 16.4. The van der Waals surface area contributed by atoms with Crippen molar-refractivity contribution in [2.24, 2.45) is 0 Å². The SMILES string of the molecule is CC[N+](CC)(CC)C(C(=O)[O-])c1ccccc1. The van der Waals surface area contributed by atoms with Crippen LogP contribution >= 0.6 is 0 Å². The number of carboxylic acids is 1. The van der Waals surface area contributed by atoms with Gasteiger partial charge < -0.3 is 14.4 Å². The Morgan fingerprint density at radius 3 is 1.94 bits per heavy atom. The van der Waals surface area contributed by atoms with E-state index in [1.54, 1.807) is 0 Å². The van der Waals surface area contributed by atoms with E-state index in [1.165, 1.54) is 0 Å². The molecule has 0 saturated heterocycles. The lowest BCUT2D eigenvalue weighted by molar-refractivity contribution is -0.946. The topological polar surface area (TPSA) is 40.1 Å². The minimum Gasteiger partial charge on any atom is -0.544 e. The lowest BCUT2D eigenvalue weighted by Gasteiger charge is -2.43. The molecule has 0 aromatic heterocycles. The molecule has 1 aromatic rings. The minimum atomic E-state index is -0.984. The Balaban J connectivity index is 3.21. The highest BCUT2D eigenvalue weighted by Gasteiger charge is 2.34. The van der Waals surface area contributed by atoms with Gasteiger partial charge in [-0.2, -0.15) is 0 Å². The Hall–Kier alpha value is -1.35. The molecular weight excluding hydrogens is 214 g/mol. The number of nitrogens with zero attached hydrogens (tertiary/aromatic N) is 1. The number of carbonyl (C=O) groups excluding carboxylic acids is 1. The molecule has 0 amide bonds. The fraction of sp³-hybridized carbons (Fsp3) is 0.500. The quantitative estimate of drug-likeness (QED) is 0.698. The summed E-state index contributed by atoms with van der Waals surface area (Å²) in [6.07, 6.45) is 0. The van der Waals surface area contributed by atoms with E-state index in [-0.39, 0.29) is 0 Å². The van der Waals surface area contributed by atoms with Crippen LogP contribution in [0.15, 0.2) is 30.3 Å². The van der Waals surface area contributed by atoms with Crippen molar-refractivity contribution in [1.82, 2.24) is 0 Å². The molecule has 0 radical (unpaired) electrons. The van der Waals surface area contributed by atoms with Crippen molar-refractivity contribution < 1.29 is 14.4 Å². The van der Waals surface area contributed by atoms with Gasteiger partial charge in [0.25, 0.3) is 0 Å². The van der Waals surface area contributed by atoms with Crippen molar-refractivity contribution in [3.05, 3.63) is 35.9 Å². The number of quaternary nitrogens is 1. The Labute approximate surface area is 103 Å². The van der Waals surface area contributed by atoms with E-state index in [0.29, 0.717) is 4.48 Å². The van der Waals surface area contributed by atoms with E-state index in [0.717, 1.165) is 25.2 Å². The van der Waals surface area contributed by atoms with Crippen LogP contribution in [0.1, 0.15) is 32.4 Å². The van der Waals surface area contributed by atoms with Crippen molar-refractivity contribution in [2.75, 3.05) is 19.6 Å². The van der Waals surface area contributed by atoms with Gasteiger partial charge in [-0.05, 0) is 20.8 Å². The molecule has 1 rings (SSSR count). The third-order valence-electron chi connectivity index (χ3n) is 3.78. The van der Waals surface area contributed by atoms with Crippen molar-refractivity contribution in [3.8, 4) is 0 Å². The molecule has 0 fully saturated rings. The zero-order valence-corrected chi connectivity index (χ0v) is 10.8. The highest BCUT2D eigenvalue weighted by Crippen LogP contribution is 2.27. The van der Waals surface area contributed by atoms with Crippen molar-refractivity contribution in [1.29, 1.82) is 0 Å². The summed E-state index contributed by atoms with van der Waals surface area (Å²) in [6, 6.07) is 8.82. The number of hydrogen-bond donors (Lipinski definition) is 0. The van der Waals surface area contributed by atoms with Gasteiger partial charge in [0.05, 0.1) is 19.6 Å². The van der Waals surface area contributed by atoms with Crippen molar-refractivity contribution in [2.45, 2.75) is 26.8 Å². The third kappa shape index (κ3) is 2.67. The summed E-state index contributed by atoms with van der Waals surface area (Å²) < 4.78 is 0.534. The van der Waals surface area contributed by atoms with Gasteiger partial charge in [0.1, 0.15) is 5.97 Å². The van der Waals surface area contributed by atoms with Gasteiger partial charge in [-0.3, -0.25) is 0 Å². The van der Waals surface area contributed by atoms with Gasteiger partial charge in [-0.15, -0.1) is 0 Å². The zero-order valence-electron chi connectivity index (χ0n) is 10.8. The molecule has 3 heteroatoms. The summed E-state index contributed by atoms with van der Waals surface area (Å²) in [7, 11) is 0. The van der Waals surface area contributed by atoms with Crippen LogP contribution in [0, 0.1) is 0 Å². The smallest absolute Gasteiger partial charge is 0.155 e. The number of benzene rings is 1. The molecule has 3 nitrogen and oxygen atoms in total. The average molecular weight is 235 g/mol. The Bertz CT molecular complexity index is 349. The van der Waals surface area contributed by atoms with Crippen LogP contribution in [-0.2, 0) is 4.79 Å². The number of rotatable bonds is 6. The molecule has 94 valence electrons. The first-order valence-electron chi connectivity index (χ1n) is 6.22. The van der Waals surface area contributed by atoms with Gasteiger partial charge >= 0.3 is 0 Å². The third-order valence-corrected chi connectivity index (χ3v) is 3.78. The lowest BCUT2D eigenvalue weighted by atomic mass is 10.0. The number of carbonyl (C=O) groups is 1. The van der Waals surface area contributed by atoms with E-state index >= 15 is 0 Å². The first-order valence-corrected chi connectivity index (χ1v) is 6.22.